The fourth-order valence-electron chi connectivity index (χ4n) is 4.68. The molecular formula is C22H25SiZr2. The Labute approximate surface area is 179 Å². The van der Waals surface area contributed by atoms with Crippen molar-refractivity contribution in [1.29, 1.82) is 0 Å². The standard InChI is InChI=1S/2C10H9.C2H7Si.2Zr/c2*1-8-6-9-4-2-3-5-10(9)7-8;1-3-2;;/h2*2-7H,1H3;3H,1-2H3;;. The Bertz CT molecular complexity index is 783. The molecule has 2 unspecified atom stereocenters. The zero-order valence-corrected chi connectivity index (χ0v) is 21.6. The first-order chi connectivity index (χ1) is 11.6. The Balaban J connectivity index is 0.00000182. The minimum atomic E-state index is -1.72. The maximum Gasteiger partial charge on any atom is 0 e. The van der Waals surface area contributed by atoms with Gasteiger partial charge in [0.25, 0.3) is 0 Å². The average molecular weight is 500 g/mol. The van der Waals surface area contributed by atoms with Crippen LogP contribution >= 0.6 is 0 Å². The van der Waals surface area contributed by atoms with Crippen molar-refractivity contribution < 1.29 is 47.1 Å². The number of hydrogen-bond donors (Lipinski definition) is 0. The van der Waals surface area contributed by atoms with E-state index in [-0.39, 0.29) is 26.2 Å². The molecule has 3 heteroatoms. The van der Waals surface area contributed by atoms with E-state index in [1.807, 2.05) is 0 Å². The summed E-state index contributed by atoms with van der Waals surface area (Å²) in [4.78, 5) is 0. The zero-order valence-electron chi connectivity index (χ0n) is 15.5. The van der Waals surface area contributed by atoms with Crippen molar-refractivity contribution >= 4 is 18.1 Å². The monoisotopic (exact) mass is 497 g/mol. The quantitative estimate of drug-likeness (QED) is 0.461. The molecule has 0 bridgehead atoms. The van der Waals surface area contributed by atoms with E-state index in [2.05, 4.69) is 87.6 Å². The topological polar surface area (TPSA) is 0 Å². The molecule has 2 aliphatic carbocycles. The molecule has 4 rings (SSSR count). The molecule has 0 spiro atoms. The summed E-state index contributed by atoms with van der Waals surface area (Å²) in [5.74, 6) is -0.671. The third-order valence-corrected chi connectivity index (χ3v) is 27.8. The van der Waals surface area contributed by atoms with Crippen molar-refractivity contribution in [2.45, 2.75) is 34.2 Å². The van der Waals surface area contributed by atoms with Crippen LogP contribution in [0.3, 0.4) is 0 Å². The van der Waals surface area contributed by atoms with Crippen molar-refractivity contribution in [2.75, 3.05) is 0 Å². The molecule has 0 saturated heterocycles. The van der Waals surface area contributed by atoms with Crippen molar-refractivity contribution in [3.05, 3.63) is 81.9 Å². The maximum absolute atomic E-state index is 2.62. The molecule has 125 valence electrons. The second kappa shape index (κ2) is 7.87. The van der Waals surface area contributed by atoms with Gasteiger partial charge in [-0.1, -0.05) is 0 Å². The smallest absolute Gasteiger partial charge is 0 e. The summed E-state index contributed by atoms with van der Waals surface area (Å²) in [6.45, 7) is 10.0. The summed E-state index contributed by atoms with van der Waals surface area (Å²) in [6, 6.07) is 18.3. The first-order valence-corrected chi connectivity index (χ1v) is 19.0. The summed E-state index contributed by atoms with van der Waals surface area (Å²) in [7, 11) is 0. The van der Waals surface area contributed by atoms with E-state index < -0.39 is 26.8 Å². The summed E-state index contributed by atoms with van der Waals surface area (Å²) < 4.78 is 1.57. The SMILES string of the molecule is CC1=Cc2ccccc2[CH]1[Zr]([CH]1C(C)=Cc2ccccc21)[SiH](C)C.[Zr]. The first kappa shape index (κ1) is 19.7. The van der Waals surface area contributed by atoms with Gasteiger partial charge in [0.2, 0.25) is 0 Å². The van der Waals surface area contributed by atoms with Gasteiger partial charge >= 0.3 is 155 Å². The maximum atomic E-state index is 2.62. The second-order valence-electron chi connectivity index (χ2n) is 7.56. The van der Waals surface area contributed by atoms with Gasteiger partial charge < -0.3 is 0 Å². The summed E-state index contributed by atoms with van der Waals surface area (Å²) in [5, 5.41) is 0. The fourth-order valence-corrected chi connectivity index (χ4v) is 27.9. The van der Waals surface area contributed by atoms with Crippen LogP contribution in [0.15, 0.2) is 59.7 Å². The Morgan fingerprint density at radius 1 is 0.720 bits per heavy atom. The number of rotatable bonds is 3. The Hall–Kier alpha value is -0.0969. The Morgan fingerprint density at radius 2 is 1.12 bits per heavy atom. The molecule has 0 radical (unpaired) electrons. The molecule has 2 atom stereocenters. The molecule has 0 fully saturated rings. The van der Waals surface area contributed by atoms with Crippen LogP contribution in [-0.4, -0.2) is 5.92 Å². The van der Waals surface area contributed by atoms with Gasteiger partial charge in [0.1, 0.15) is 0 Å². The minimum Gasteiger partial charge on any atom is 0 e. The molecule has 0 amide bonds. The predicted molar refractivity (Wildman–Crippen MR) is 105 cm³/mol. The van der Waals surface area contributed by atoms with Crippen LogP contribution in [0.5, 0.6) is 0 Å². The van der Waals surface area contributed by atoms with Gasteiger partial charge in [-0.2, -0.15) is 0 Å². The summed E-state index contributed by atoms with van der Waals surface area (Å²) >= 11 is -1.72. The summed E-state index contributed by atoms with van der Waals surface area (Å²) in [6.07, 6.45) is 4.94. The van der Waals surface area contributed by atoms with E-state index in [1.54, 1.807) is 22.3 Å². The number of allylic oxidation sites excluding steroid dienone is 2. The Kier molecular flexibility index (Phi) is 6.19. The molecule has 2 aliphatic rings. The van der Waals surface area contributed by atoms with Gasteiger partial charge in [-0.15, -0.1) is 0 Å². The van der Waals surface area contributed by atoms with E-state index in [0.717, 1.165) is 7.25 Å². The van der Waals surface area contributed by atoms with Crippen molar-refractivity contribution in [3.63, 3.8) is 0 Å². The largest absolute Gasteiger partial charge is 0 e. The number of fused-ring (bicyclic) bond motifs is 2. The molecule has 2 aromatic rings. The molecule has 2 aromatic carbocycles. The summed E-state index contributed by atoms with van der Waals surface area (Å²) in [5.41, 5.74) is 9.54. The third-order valence-electron chi connectivity index (χ3n) is 5.62. The molecule has 0 nitrogen and oxygen atoms in total. The predicted octanol–water partition coefficient (Wildman–Crippen LogP) is 5.90. The average Bonchev–Trinajstić information content (AvgIpc) is 3.05. The van der Waals surface area contributed by atoms with E-state index in [1.165, 1.54) is 11.1 Å². The van der Waals surface area contributed by atoms with Gasteiger partial charge in [-0.05, 0) is 0 Å². The van der Waals surface area contributed by atoms with E-state index in [4.69, 9.17) is 0 Å². The molecule has 0 aliphatic heterocycles. The second-order valence-corrected chi connectivity index (χ2v) is 27.6. The molecule has 0 N–H and O–H groups in total. The zero-order chi connectivity index (χ0) is 16.8. The van der Waals surface area contributed by atoms with Gasteiger partial charge in [-0.3, -0.25) is 0 Å². The molecule has 0 heterocycles. The van der Waals surface area contributed by atoms with Crippen LogP contribution in [0.2, 0.25) is 13.1 Å². The van der Waals surface area contributed by atoms with Crippen LogP contribution in [0.1, 0.15) is 43.4 Å². The Morgan fingerprint density at radius 3 is 1.52 bits per heavy atom. The van der Waals surface area contributed by atoms with Crippen LogP contribution in [0.25, 0.3) is 12.2 Å². The van der Waals surface area contributed by atoms with Gasteiger partial charge in [-0.25, -0.2) is 0 Å². The van der Waals surface area contributed by atoms with Crippen molar-refractivity contribution in [3.8, 4) is 0 Å². The van der Waals surface area contributed by atoms with Gasteiger partial charge in [0.15, 0.2) is 0 Å². The van der Waals surface area contributed by atoms with Gasteiger partial charge in [0, 0.05) is 26.2 Å². The molecule has 0 aromatic heterocycles. The van der Waals surface area contributed by atoms with Crippen molar-refractivity contribution in [2.24, 2.45) is 0 Å². The van der Waals surface area contributed by atoms with E-state index >= 15 is 0 Å². The molecule has 0 saturated carbocycles. The third kappa shape index (κ3) is 3.42. The number of benzene rings is 2. The van der Waals surface area contributed by atoms with Crippen LogP contribution < -0.4 is 0 Å². The van der Waals surface area contributed by atoms with Crippen molar-refractivity contribution in [1.82, 2.24) is 0 Å². The number of hydrogen-bond acceptors (Lipinski definition) is 0. The minimum absolute atomic E-state index is 0. The molecule has 25 heavy (non-hydrogen) atoms. The first-order valence-electron chi connectivity index (χ1n) is 8.98. The van der Waals surface area contributed by atoms with Crippen LogP contribution in [0, 0.1) is 0 Å². The van der Waals surface area contributed by atoms with E-state index in [0.29, 0.717) is 0 Å². The normalized spacial score (nSPS) is 20.5. The van der Waals surface area contributed by atoms with Gasteiger partial charge in [0.05, 0.1) is 0 Å². The van der Waals surface area contributed by atoms with Crippen LogP contribution in [0.4, 0.5) is 0 Å². The van der Waals surface area contributed by atoms with Crippen LogP contribution in [-0.2, 0) is 47.1 Å². The molecular weight excluding hydrogens is 475 g/mol. The van der Waals surface area contributed by atoms with E-state index in [9.17, 15) is 0 Å². The fraction of sp³-hybridized carbons (Fsp3) is 0.273.